The van der Waals surface area contributed by atoms with Crippen molar-refractivity contribution in [3.63, 3.8) is 0 Å². The van der Waals surface area contributed by atoms with Crippen LogP contribution < -0.4 is 4.74 Å². The molecule has 0 saturated heterocycles. The van der Waals surface area contributed by atoms with Crippen LogP contribution in [0.2, 0.25) is 0 Å². The Morgan fingerprint density at radius 3 is 1.75 bits per heavy atom. The van der Waals surface area contributed by atoms with Crippen molar-refractivity contribution in [1.29, 1.82) is 0 Å². The van der Waals surface area contributed by atoms with Gasteiger partial charge in [0, 0.05) is 11.6 Å². The van der Waals surface area contributed by atoms with Crippen molar-refractivity contribution in [1.82, 2.24) is 0 Å². The fourth-order valence-corrected chi connectivity index (χ4v) is 4.78. The molecule has 0 heterocycles. The van der Waals surface area contributed by atoms with Gasteiger partial charge in [0.15, 0.2) is 6.79 Å². The van der Waals surface area contributed by atoms with Crippen molar-refractivity contribution in [2.75, 3.05) is 20.0 Å². The van der Waals surface area contributed by atoms with Gasteiger partial charge in [0.1, 0.15) is 24.2 Å². The van der Waals surface area contributed by atoms with Crippen molar-refractivity contribution < 1.29 is 24.4 Å². The minimum Gasteiger partial charge on any atom is -0.507 e. The van der Waals surface area contributed by atoms with Crippen LogP contribution in [0, 0.1) is 27.7 Å². The van der Waals surface area contributed by atoms with Gasteiger partial charge in [-0.3, -0.25) is 0 Å². The molecule has 0 aliphatic carbocycles. The first-order valence-electron chi connectivity index (χ1n) is 13.4. The third kappa shape index (κ3) is 7.32. The number of aliphatic hydroxyl groups is 1. The smallest absolute Gasteiger partial charge is 0.188 e. The van der Waals surface area contributed by atoms with Crippen LogP contribution in [0.3, 0.4) is 0 Å². The van der Waals surface area contributed by atoms with E-state index in [1.807, 2.05) is 6.07 Å². The summed E-state index contributed by atoms with van der Waals surface area (Å²) in [6.07, 6.45) is -0.842. The van der Waals surface area contributed by atoms with Gasteiger partial charge in [0.25, 0.3) is 0 Å². The van der Waals surface area contributed by atoms with Gasteiger partial charge < -0.3 is 24.4 Å². The highest BCUT2D eigenvalue weighted by molar-refractivity contribution is 5.84. The number of phenolic OH excluding ortho intramolecular Hbond substituents is 1. The second-order valence-electron chi connectivity index (χ2n) is 10.4. The summed E-state index contributed by atoms with van der Waals surface area (Å²) in [6.45, 7) is 13.9. The molecule has 0 spiro atoms. The maximum absolute atomic E-state index is 11.0. The van der Waals surface area contributed by atoms with E-state index in [-0.39, 0.29) is 25.8 Å². The van der Waals surface area contributed by atoms with Crippen molar-refractivity contribution >= 4 is 0 Å². The molecule has 4 aromatic rings. The first-order valence-corrected chi connectivity index (χ1v) is 13.4. The third-order valence-corrected chi connectivity index (χ3v) is 6.74. The Labute approximate surface area is 237 Å². The normalized spacial score (nSPS) is 11.8. The summed E-state index contributed by atoms with van der Waals surface area (Å²) >= 11 is 0. The van der Waals surface area contributed by atoms with Crippen LogP contribution >= 0.6 is 0 Å². The van der Waals surface area contributed by atoms with Gasteiger partial charge in [-0.2, -0.15) is 0 Å². The van der Waals surface area contributed by atoms with Crippen LogP contribution in [-0.4, -0.2) is 36.3 Å². The third-order valence-electron chi connectivity index (χ3n) is 6.74. The Balaban J connectivity index is 1.63. The molecule has 208 valence electrons. The fraction of sp³-hybridized carbons (Fsp3) is 0.257. The predicted octanol–water partition coefficient (Wildman–Crippen LogP) is 7.89. The summed E-state index contributed by atoms with van der Waals surface area (Å²) in [5, 5.41) is 21.2. The summed E-state index contributed by atoms with van der Waals surface area (Å²) in [5.41, 5.74) is 10.9. The molecule has 2 N–H and O–H groups in total. The number of ether oxygens (including phenoxy) is 3. The quantitative estimate of drug-likeness (QED) is 0.115. The minimum absolute atomic E-state index is 0.0187. The number of aromatic hydroxyl groups is 1. The molecular formula is C35H38O5. The molecule has 0 aliphatic heterocycles. The standard InChI is InChI=1S/C35H38O5/c1-22(2)40-21-38-19-30(36)20-39-31-9-12-34(35(37)18-31)29-16-27(32-10-7-23(3)13-25(32)5)15-28(17-29)33-11-8-24(4)14-26(33)6/h7-18,30,36-37H,1,19-21H2,2-6H3. The molecule has 4 rings (SSSR count). The second kappa shape index (κ2) is 12.9. The molecule has 40 heavy (non-hydrogen) atoms. The first-order chi connectivity index (χ1) is 19.1. The number of hydrogen-bond acceptors (Lipinski definition) is 5. The van der Waals surface area contributed by atoms with Crippen molar-refractivity contribution in [3.8, 4) is 44.9 Å². The van der Waals surface area contributed by atoms with Gasteiger partial charge in [-0.05, 0) is 104 Å². The lowest BCUT2D eigenvalue weighted by molar-refractivity contribution is -0.0630. The fourth-order valence-electron chi connectivity index (χ4n) is 4.78. The van der Waals surface area contributed by atoms with Crippen LogP contribution in [0.15, 0.2) is 85.1 Å². The monoisotopic (exact) mass is 538 g/mol. The Hall–Kier alpha value is -4.06. The number of aliphatic hydroxyl groups excluding tert-OH is 1. The molecule has 0 radical (unpaired) electrons. The van der Waals surface area contributed by atoms with E-state index in [1.54, 1.807) is 19.1 Å². The summed E-state index contributed by atoms with van der Waals surface area (Å²) in [4.78, 5) is 0. The van der Waals surface area contributed by atoms with Gasteiger partial charge in [0.2, 0.25) is 0 Å². The van der Waals surface area contributed by atoms with Gasteiger partial charge in [0.05, 0.1) is 12.4 Å². The largest absolute Gasteiger partial charge is 0.507 e. The summed E-state index contributed by atoms with van der Waals surface area (Å²) < 4.78 is 16.1. The van der Waals surface area contributed by atoms with Crippen molar-refractivity contribution in [3.05, 3.63) is 107 Å². The number of hydrogen-bond donors (Lipinski definition) is 2. The first kappa shape index (κ1) is 28.9. The molecule has 0 saturated carbocycles. The Morgan fingerprint density at radius 1 is 0.725 bits per heavy atom. The Bertz CT molecular complexity index is 1430. The van der Waals surface area contributed by atoms with E-state index in [9.17, 15) is 10.2 Å². The van der Waals surface area contributed by atoms with Crippen LogP contribution in [0.5, 0.6) is 11.5 Å². The number of rotatable bonds is 11. The number of phenols is 1. The summed E-state index contributed by atoms with van der Waals surface area (Å²) in [6, 6.07) is 24.6. The van der Waals surface area contributed by atoms with Crippen LogP contribution in [0.1, 0.15) is 29.2 Å². The lowest BCUT2D eigenvalue weighted by atomic mass is 9.89. The second-order valence-corrected chi connectivity index (χ2v) is 10.4. The van der Waals surface area contributed by atoms with E-state index in [0.29, 0.717) is 17.1 Å². The molecule has 0 amide bonds. The maximum atomic E-state index is 11.0. The van der Waals surface area contributed by atoms with E-state index in [2.05, 4.69) is 88.9 Å². The van der Waals surface area contributed by atoms with E-state index in [1.165, 1.54) is 22.3 Å². The van der Waals surface area contributed by atoms with Crippen molar-refractivity contribution in [2.24, 2.45) is 0 Å². The van der Waals surface area contributed by atoms with E-state index in [0.717, 1.165) is 27.8 Å². The lowest BCUT2D eigenvalue weighted by Crippen LogP contribution is -2.24. The van der Waals surface area contributed by atoms with Gasteiger partial charge in [-0.25, -0.2) is 0 Å². The van der Waals surface area contributed by atoms with Gasteiger partial charge in [-0.15, -0.1) is 0 Å². The van der Waals surface area contributed by atoms with E-state index in [4.69, 9.17) is 14.2 Å². The molecule has 5 heteroatoms. The minimum atomic E-state index is -0.842. The highest BCUT2D eigenvalue weighted by atomic mass is 16.7. The zero-order valence-corrected chi connectivity index (χ0v) is 24.0. The molecule has 0 bridgehead atoms. The van der Waals surface area contributed by atoms with E-state index >= 15 is 0 Å². The predicted molar refractivity (Wildman–Crippen MR) is 162 cm³/mol. The Kier molecular flexibility index (Phi) is 9.30. The van der Waals surface area contributed by atoms with Crippen LogP contribution in [0.25, 0.3) is 33.4 Å². The molecule has 5 nitrogen and oxygen atoms in total. The maximum Gasteiger partial charge on any atom is 0.188 e. The van der Waals surface area contributed by atoms with Crippen LogP contribution in [0.4, 0.5) is 0 Å². The van der Waals surface area contributed by atoms with Gasteiger partial charge >= 0.3 is 0 Å². The number of benzene rings is 4. The molecule has 0 aliphatic rings. The molecular weight excluding hydrogens is 500 g/mol. The lowest BCUT2D eigenvalue weighted by Gasteiger charge is -2.16. The highest BCUT2D eigenvalue weighted by Gasteiger charge is 2.14. The van der Waals surface area contributed by atoms with Crippen molar-refractivity contribution in [2.45, 2.75) is 40.7 Å². The highest BCUT2D eigenvalue weighted by Crippen LogP contribution is 2.39. The summed E-state index contributed by atoms with van der Waals surface area (Å²) in [5.74, 6) is 1.10. The number of aryl methyl sites for hydroxylation is 4. The Morgan fingerprint density at radius 2 is 1.25 bits per heavy atom. The topological polar surface area (TPSA) is 68.2 Å². The van der Waals surface area contributed by atoms with E-state index < -0.39 is 6.10 Å². The van der Waals surface area contributed by atoms with Crippen LogP contribution in [-0.2, 0) is 9.47 Å². The molecule has 0 fully saturated rings. The SMILES string of the molecule is C=C(C)OCOCC(O)COc1ccc(-c2cc(-c3ccc(C)cc3C)cc(-c3ccc(C)cc3C)c2)c(O)c1. The zero-order chi connectivity index (χ0) is 28.8. The van der Waals surface area contributed by atoms with Gasteiger partial charge in [-0.1, -0.05) is 54.1 Å². The molecule has 4 aromatic carbocycles. The summed E-state index contributed by atoms with van der Waals surface area (Å²) in [7, 11) is 0. The molecule has 1 atom stereocenters. The molecule has 1 unspecified atom stereocenters. The molecule has 0 aromatic heterocycles. The zero-order valence-electron chi connectivity index (χ0n) is 24.0. The average molecular weight is 539 g/mol. The number of allylic oxidation sites excluding steroid dienone is 1. The average Bonchev–Trinajstić information content (AvgIpc) is 2.89.